The highest BCUT2D eigenvalue weighted by molar-refractivity contribution is 5.91. The smallest absolute Gasteiger partial charge is 0.274 e. The maximum atomic E-state index is 12.5. The van der Waals surface area contributed by atoms with Crippen LogP contribution in [0.2, 0.25) is 0 Å². The van der Waals surface area contributed by atoms with E-state index in [9.17, 15) is 4.79 Å². The molecule has 0 aliphatic heterocycles. The van der Waals surface area contributed by atoms with Gasteiger partial charge in [-0.3, -0.25) is 4.79 Å². The second-order valence-corrected chi connectivity index (χ2v) is 6.88. The summed E-state index contributed by atoms with van der Waals surface area (Å²) in [4.78, 5) is 17.0. The van der Waals surface area contributed by atoms with Crippen molar-refractivity contribution in [3.63, 3.8) is 0 Å². The van der Waals surface area contributed by atoms with Crippen molar-refractivity contribution < 1.29 is 18.8 Å². The topological polar surface area (TPSA) is 91.4 Å². The summed E-state index contributed by atoms with van der Waals surface area (Å²) < 4.78 is 17.8. The standard InChI is InChI=1S/C23H22N4O4/c1-15-7-4-5-8-17(15)24-21(28)14-27-12-6-9-18(27)23-25-22(26-31-23)16-10-11-19(29-2)20(13-16)30-3/h4-13H,14H2,1-3H3,(H,24,28). The molecular formula is C23H22N4O4. The van der Waals surface area contributed by atoms with Gasteiger partial charge in [-0.2, -0.15) is 4.98 Å². The summed E-state index contributed by atoms with van der Waals surface area (Å²) in [6.45, 7) is 2.07. The van der Waals surface area contributed by atoms with E-state index in [0.717, 1.165) is 16.8 Å². The fourth-order valence-electron chi connectivity index (χ4n) is 3.22. The average Bonchev–Trinajstić information content (AvgIpc) is 3.44. The summed E-state index contributed by atoms with van der Waals surface area (Å²) in [6, 6.07) is 16.7. The van der Waals surface area contributed by atoms with Crippen molar-refractivity contribution in [1.29, 1.82) is 0 Å². The van der Waals surface area contributed by atoms with Crippen molar-refractivity contribution in [1.82, 2.24) is 14.7 Å². The van der Waals surface area contributed by atoms with Crippen molar-refractivity contribution in [2.75, 3.05) is 19.5 Å². The minimum absolute atomic E-state index is 0.116. The van der Waals surface area contributed by atoms with Gasteiger partial charge in [0, 0.05) is 17.4 Å². The summed E-state index contributed by atoms with van der Waals surface area (Å²) in [5, 5.41) is 7.01. The second-order valence-electron chi connectivity index (χ2n) is 6.88. The maximum Gasteiger partial charge on any atom is 0.274 e. The Morgan fingerprint density at radius 1 is 1.06 bits per heavy atom. The van der Waals surface area contributed by atoms with Crippen LogP contribution in [0.4, 0.5) is 5.69 Å². The SMILES string of the molecule is COc1ccc(-c2noc(-c3cccn3CC(=O)Nc3ccccc3C)n2)cc1OC. The number of amides is 1. The molecule has 0 aliphatic rings. The van der Waals surface area contributed by atoms with E-state index in [0.29, 0.717) is 28.9 Å². The molecule has 0 saturated heterocycles. The summed E-state index contributed by atoms with van der Waals surface area (Å²) in [5.41, 5.74) is 3.16. The molecule has 1 N–H and O–H groups in total. The number of carbonyl (C=O) groups excluding carboxylic acids is 1. The van der Waals surface area contributed by atoms with Crippen molar-refractivity contribution in [2.45, 2.75) is 13.5 Å². The molecule has 0 saturated carbocycles. The third kappa shape index (κ3) is 4.28. The largest absolute Gasteiger partial charge is 0.493 e. The summed E-state index contributed by atoms with van der Waals surface area (Å²) in [5.74, 6) is 1.77. The van der Waals surface area contributed by atoms with Gasteiger partial charge in [-0.1, -0.05) is 23.4 Å². The van der Waals surface area contributed by atoms with Crippen LogP contribution in [0.5, 0.6) is 11.5 Å². The Morgan fingerprint density at radius 2 is 1.87 bits per heavy atom. The number of aromatic nitrogens is 3. The van der Waals surface area contributed by atoms with Gasteiger partial charge >= 0.3 is 0 Å². The van der Waals surface area contributed by atoms with Gasteiger partial charge in [0.1, 0.15) is 12.2 Å². The van der Waals surface area contributed by atoms with E-state index >= 15 is 0 Å². The van der Waals surface area contributed by atoms with E-state index in [-0.39, 0.29) is 12.5 Å². The summed E-state index contributed by atoms with van der Waals surface area (Å²) in [6.07, 6.45) is 1.80. The van der Waals surface area contributed by atoms with Crippen LogP contribution in [-0.4, -0.2) is 34.8 Å². The molecule has 1 amide bonds. The molecule has 0 spiro atoms. The lowest BCUT2D eigenvalue weighted by atomic mass is 10.2. The number of aryl methyl sites for hydroxylation is 1. The van der Waals surface area contributed by atoms with E-state index in [4.69, 9.17) is 14.0 Å². The van der Waals surface area contributed by atoms with E-state index in [1.165, 1.54) is 0 Å². The van der Waals surface area contributed by atoms with E-state index < -0.39 is 0 Å². The molecule has 4 rings (SSSR count). The number of methoxy groups -OCH3 is 2. The molecule has 8 heteroatoms. The fourth-order valence-corrected chi connectivity index (χ4v) is 3.22. The number of anilines is 1. The average molecular weight is 418 g/mol. The van der Waals surface area contributed by atoms with Gasteiger partial charge in [-0.25, -0.2) is 0 Å². The Balaban J connectivity index is 1.54. The number of nitrogens with one attached hydrogen (secondary N) is 1. The van der Waals surface area contributed by atoms with E-state index in [1.807, 2.05) is 49.4 Å². The predicted octanol–water partition coefficient (Wildman–Crippen LogP) is 4.17. The van der Waals surface area contributed by atoms with Gasteiger partial charge in [-0.15, -0.1) is 0 Å². The van der Waals surface area contributed by atoms with E-state index in [1.54, 1.807) is 37.1 Å². The molecule has 31 heavy (non-hydrogen) atoms. The van der Waals surface area contributed by atoms with Crippen LogP contribution in [0, 0.1) is 6.92 Å². The zero-order valence-electron chi connectivity index (χ0n) is 17.5. The van der Waals surface area contributed by atoms with Crippen molar-refractivity contribution >= 4 is 11.6 Å². The lowest BCUT2D eigenvalue weighted by Crippen LogP contribution is -2.19. The maximum absolute atomic E-state index is 12.5. The lowest BCUT2D eigenvalue weighted by Gasteiger charge is -2.10. The molecular weight excluding hydrogens is 396 g/mol. The van der Waals surface area contributed by atoms with Gasteiger partial charge in [0.2, 0.25) is 11.7 Å². The van der Waals surface area contributed by atoms with Crippen LogP contribution in [0.3, 0.4) is 0 Å². The van der Waals surface area contributed by atoms with Gasteiger partial charge in [0.15, 0.2) is 11.5 Å². The molecule has 8 nitrogen and oxygen atoms in total. The number of benzene rings is 2. The van der Waals surface area contributed by atoms with Crippen molar-refractivity contribution in [2.24, 2.45) is 0 Å². The van der Waals surface area contributed by atoms with Crippen LogP contribution >= 0.6 is 0 Å². The van der Waals surface area contributed by atoms with Crippen LogP contribution in [0.15, 0.2) is 65.3 Å². The zero-order chi connectivity index (χ0) is 21.8. The third-order valence-corrected chi connectivity index (χ3v) is 4.85. The van der Waals surface area contributed by atoms with Gasteiger partial charge in [0.05, 0.1) is 14.2 Å². The highest BCUT2D eigenvalue weighted by Gasteiger charge is 2.17. The monoisotopic (exact) mass is 418 g/mol. The van der Waals surface area contributed by atoms with Gasteiger partial charge in [0.25, 0.3) is 5.89 Å². The van der Waals surface area contributed by atoms with E-state index in [2.05, 4.69) is 15.5 Å². The Hall–Kier alpha value is -4.07. The molecule has 2 aromatic heterocycles. The van der Waals surface area contributed by atoms with Crippen LogP contribution < -0.4 is 14.8 Å². The lowest BCUT2D eigenvalue weighted by molar-refractivity contribution is -0.116. The minimum atomic E-state index is -0.147. The van der Waals surface area contributed by atoms with Gasteiger partial charge in [-0.05, 0) is 48.9 Å². The van der Waals surface area contributed by atoms with Crippen molar-refractivity contribution in [3.8, 4) is 34.5 Å². The third-order valence-electron chi connectivity index (χ3n) is 4.85. The highest BCUT2D eigenvalue weighted by Crippen LogP contribution is 2.32. The Morgan fingerprint density at radius 3 is 2.65 bits per heavy atom. The minimum Gasteiger partial charge on any atom is -0.493 e. The normalized spacial score (nSPS) is 10.7. The van der Waals surface area contributed by atoms with Gasteiger partial charge < -0.3 is 23.9 Å². The molecule has 2 aromatic carbocycles. The number of para-hydroxylation sites is 1. The van der Waals surface area contributed by atoms with Crippen LogP contribution in [0.25, 0.3) is 23.0 Å². The molecule has 0 aliphatic carbocycles. The number of carbonyl (C=O) groups is 1. The molecule has 4 aromatic rings. The number of nitrogens with zero attached hydrogens (tertiary/aromatic N) is 3. The first-order valence-electron chi connectivity index (χ1n) is 9.66. The number of hydrogen-bond donors (Lipinski definition) is 1. The van der Waals surface area contributed by atoms with Crippen LogP contribution in [-0.2, 0) is 11.3 Å². The zero-order valence-corrected chi connectivity index (χ0v) is 17.5. The number of hydrogen-bond acceptors (Lipinski definition) is 6. The molecule has 0 atom stereocenters. The highest BCUT2D eigenvalue weighted by atomic mass is 16.5. The molecule has 0 unspecified atom stereocenters. The quantitative estimate of drug-likeness (QED) is 0.484. The fraction of sp³-hybridized carbons (Fsp3) is 0.174. The molecule has 2 heterocycles. The Kier molecular flexibility index (Phi) is 5.70. The number of rotatable bonds is 7. The van der Waals surface area contributed by atoms with Crippen LogP contribution in [0.1, 0.15) is 5.56 Å². The molecule has 158 valence electrons. The molecule has 0 fully saturated rings. The molecule has 0 radical (unpaired) electrons. The number of ether oxygens (including phenoxy) is 2. The first-order valence-corrected chi connectivity index (χ1v) is 9.66. The molecule has 0 bridgehead atoms. The summed E-state index contributed by atoms with van der Waals surface area (Å²) >= 11 is 0. The van der Waals surface area contributed by atoms with Crippen molar-refractivity contribution in [3.05, 3.63) is 66.4 Å². The summed E-state index contributed by atoms with van der Waals surface area (Å²) in [7, 11) is 3.14. The predicted molar refractivity (Wildman–Crippen MR) is 116 cm³/mol. The Labute approximate surface area is 179 Å². The first-order chi connectivity index (χ1) is 15.1. The first kappa shape index (κ1) is 20.2. The Bertz CT molecular complexity index is 1210. The second kappa shape index (κ2) is 8.74.